The molecule has 0 bridgehead atoms. The fraction of sp³-hybridized carbons (Fsp3) is 0.885. The minimum absolute atomic E-state index is 0.0865. The lowest BCUT2D eigenvalue weighted by Crippen LogP contribution is -2.62. The van der Waals surface area contributed by atoms with Crippen LogP contribution >= 0.6 is 22.6 Å². The van der Waals surface area contributed by atoms with E-state index in [0.29, 0.717) is 44.1 Å². The van der Waals surface area contributed by atoms with Crippen molar-refractivity contribution in [1.29, 1.82) is 0 Å². The van der Waals surface area contributed by atoms with Crippen molar-refractivity contribution < 1.29 is 35.4 Å². The summed E-state index contributed by atoms with van der Waals surface area (Å²) in [5.74, 6) is -0.967. The Bertz CT molecular complexity index is 866. The Morgan fingerprint density at radius 1 is 1.12 bits per heavy atom. The number of carbonyl (C=O) groups is 1. The molecule has 4 rings (SSSR count). The SMILES string of the molecule is CC(C)(O)CC[C@@H](O)C(O)(I)[C@H]1CC[C@@]2(O)C3=CC(=O)[C@@H]4C[C@@H](O)[C@@H](O)C[C@]4(C)C3CC[C@]12C. The molecule has 0 radical (unpaired) electrons. The van der Waals surface area contributed by atoms with Crippen molar-refractivity contribution in [2.75, 3.05) is 0 Å². The van der Waals surface area contributed by atoms with Crippen LogP contribution in [0.2, 0.25) is 0 Å². The highest BCUT2D eigenvalue weighted by Crippen LogP contribution is 2.69. The molecule has 4 aliphatic rings. The quantitative estimate of drug-likeness (QED) is 0.213. The average molecular weight is 593 g/mol. The minimum Gasteiger partial charge on any atom is -0.390 e. The van der Waals surface area contributed by atoms with Crippen molar-refractivity contribution in [3.8, 4) is 0 Å². The van der Waals surface area contributed by atoms with Crippen molar-refractivity contribution in [2.45, 2.75) is 112 Å². The standard InChI is InChI=1S/C26H41IO7/c1-22(2,32)8-7-21(31)26(27,34)20-6-10-25(33)15-11-17(28)16-12-18(29)19(30)13-23(16,3)14(15)5-9-24(20,25)4/h11,14,16,18-21,29-34H,5-10,12-13H2,1-4H3/t14?,16-,18+,19-,20-,21+,23+,24+,25+,26?/m0/s1. The molecule has 8 heteroatoms. The van der Waals surface area contributed by atoms with E-state index in [1.165, 1.54) is 0 Å². The molecule has 0 spiro atoms. The number of halogens is 1. The number of aliphatic hydroxyl groups excluding tert-OH is 3. The molecule has 0 aromatic heterocycles. The largest absolute Gasteiger partial charge is 0.390 e. The molecule has 10 atom stereocenters. The number of fused-ring (bicyclic) bond motifs is 5. The van der Waals surface area contributed by atoms with Crippen LogP contribution < -0.4 is 0 Å². The highest BCUT2D eigenvalue weighted by atomic mass is 127. The van der Waals surface area contributed by atoms with E-state index in [0.717, 1.165) is 0 Å². The van der Waals surface area contributed by atoms with E-state index in [1.54, 1.807) is 19.9 Å². The first-order chi connectivity index (χ1) is 15.5. The number of carbonyl (C=O) groups excluding carboxylic acids is 1. The fourth-order valence-electron chi connectivity index (χ4n) is 7.94. The van der Waals surface area contributed by atoms with Crippen molar-refractivity contribution >= 4 is 28.4 Å². The topological polar surface area (TPSA) is 138 Å². The average Bonchev–Trinajstić information content (AvgIpc) is 3.00. The first-order valence-electron chi connectivity index (χ1n) is 12.6. The second-order valence-corrected chi connectivity index (χ2v) is 14.4. The van der Waals surface area contributed by atoms with Gasteiger partial charge < -0.3 is 30.6 Å². The van der Waals surface area contributed by atoms with Crippen LogP contribution in [-0.2, 0) is 4.79 Å². The highest BCUT2D eigenvalue weighted by Gasteiger charge is 2.69. The Morgan fingerprint density at radius 3 is 2.38 bits per heavy atom. The van der Waals surface area contributed by atoms with E-state index in [-0.39, 0.29) is 30.5 Å². The Hall–Kier alpha value is -0.100. The first kappa shape index (κ1) is 26.9. The molecule has 34 heavy (non-hydrogen) atoms. The van der Waals surface area contributed by atoms with Gasteiger partial charge in [0.05, 0.1) is 29.5 Å². The second-order valence-electron chi connectivity index (χ2n) is 12.7. The predicted molar refractivity (Wildman–Crippen MR) is 135 cm³/mol. The van der Waals surface area contributed by atoms with Crippen molar-refractivity contribution in [1.82, 2.24) is 0 Å². The summed E-state index contributed by atoms with van der Waals surface area (Å²) >= 11 is 1.92. The number of hydrogen-bond donors (Lipinski definition) is 6. The molecule has 3 fully saturated rings. The van der Waals surface area contributed by atoms with Gasteiger partial charge in [-0.3, -0.25) is 4.79 Å². The first-order valence-corrected chi connectivity index (χ1v) is 13.7. The van der Waals surface area contributed by atoms with Crippen LogP contribution in [0.5, 0.6) is 0 Å². The summed E-state index contributed by atoms with van der Waals surface area (Å²) in [6, 6.07) is 0. The minimum atomic E-state index is -1.49. The lowest BCUT2D eigenvalue weighted by atomic mass is 9.46. The number of rotatable bonds is 5. The van der Waals surface area contributed by atoms with Gasteiger partial charge in [-0.05, 0) is 111 Å². The molecule has 2 unspecified atom stereocenters. The third kappa shape index (κ3) is 3.94. The van der Waals surface area contributed by atoms with Gasteiger partial charge >= 0.3 is 0 Å². The van der Waals surface area contributed by atoms with E-state index in [1.807, 2.05) is 36.4 Å². The normalized spacial score (nSPS) is 47.2. The van der Waals surface area contributed by atoms with Crippen molar-refractivity contribution in [3.63, 3.8) is 0 Å². The molecular formula is C26H41IO7. The number of aliphatic hydroxyl groups is 6. The van der Waals surface area contributed by atoms with Gasteiger partial charge in [-0.15, -0.1) is 0 Å². The summed E-state index contributed by atoms with van der Waals surface area (Å²) < 4.78 is -1.49. The van der Waals surface area contributed by atoms with Crippen LogP contribution in [0.25, 0.3) is 0 Å². The van der Waals surface area contributed by atoms with Crippen LogP contribution in [0, 0.1) is 28.6 Å². The van der Waals surface area contributed by atoms with Crippen LogP contribution in [0.15, 0.2) is 11.6 Å². The molecule has 0 aromatic rings. The summed E-state index contributed by atoms with van der Waals surface area (Å²) in [6.07, 6.45) is 2.06. The maximum absolute atomic E-state index is 13.2. The van der Waals surface area contributed by atoms with E-state index < -0.39 is 49.9 Å². The van der Waals surface area contributed by atoms with Gasteiger partial charge in [0.2, 0.25) is 0 Å². The molecule has 0 aromatic carbocycles. The van der Waals surface area contributed by atoms with Crippen LogP contribution in [0.4, 0.5) is 0 Å². The maximum Gasteiger partial charge on any atom is 0.159 e. The zero-order valence-corrected chi connectivity index (χ0v) is 22.8. The monoisotopic (exact) mass is 592 g/mol. The summed E-state index contributed by atoms with van der Waals surface area (Å²) in [5.41, 5.74) is -2.82. The molecule has 7 nitrogen and oxygen atoms in total. The molecule has 0 amide bonds. The molecule has 3 saturated carbocycles. The maximum atomic E-state index is 13.2. The molecule has 4 aliphatic carbocycles. The number of ketones is 1. The van der Waals surface area contributed by atoms with Crippen LogP contribution in [-0.4, -0.2) is 69.5 Å². The van der Waals surface area contributed by atoms with Gasteiger partial charge in [0.1, 0.15) is 3.61 Å². The lowest BCUT2D eigenvalue weighted by molar-refractivity contribution is -0.159. The Labute approximate surface area is 215 Å². The smallest absolute Gasteiger partial charge is 0.159 e. The number of hydrogen-bond acceptors (Lipinski definition) is 7. The summed E-state index contributed by atoms with van der Waals surface area (Å²) in [6.45, 7) is 7.32. The molecule has 6 N–H and O–H groups in total. The highest BCUT2D eigenvalue weighted by molar-refractivity contribution is 14.1. The molecular weight excluding hydrogens is 551 g/mol. The van der Waals surface area contributed by atoms with Crippen molar-refractivity contribution in [3.05, 3.63) is 11.6 Å². The van der Waals surface area contributed by atoms with E-state index in [2.05, 4.69) is 0 Å². The van der Waals surface area contributed by atoms with Crippen molar-refractivity contribution in [2.24, 2.45) is 28.6 Å². The Balaban J connectivity index is 1.66. The third-order valence-electron chi connectivity index (χ3n) is 10.1. The zero-order valence-electron chi connectivity index (χ0n) is 20.7. The van der Waals surface area contributed by atoms with E-state index >= 15 is 0 Å². The Kier molecular flexibility index (Phi) is 6.71. The van der Waals surface area contributed by atoms with E-state index in [4.69, 9.17) is 0 Å². The fourth-order valence-corrected chi connectivity index (χ4v) is 9.25. The molecule has 0 aliphatic heterocycles. The van der Waals surface area contributed by atoms with Gasteiger partial charge in [-0.1, -0.05) is 13.8 Å². The Morgan fingerprint density at radius 2 is 1.76 bits per heavy atom. The van der Waals surface area contributed by atoms with Crippen LogP contribution in [0.3, 0.4) is 0 Å². The number of alkyl halides is 1. The third-order valence-corrected chi connectivity index (χ3v) is 11.6. The second kappa shape index (κ2) is 8.46. The van der Waals surface area contributed by atoms with Gasteiger partial charge in [-0.25, -0.2) is 0 Å². The van der Waals surface area contributed by atoms with E-state index in [9.17, 15) is 35.4 Å². The van der Waals surface area contributed by atoms with Gasteiger partial charge in [0.15, 0.2) is 5.78 Å². The van der Waals surface area contributed by atoms with Gasteiger partial charge in [-0.2, -0.15) is 0 Å². The summed E-state index contributed by atoms with van der Waals surface area (Å²) in [5, 5.41) is 65.4. The summed E-state index contributed by atoms with van der Waals surface area (Å²) in [4.78, 5) is 13.2. The predicted octanol–water partition coefficient (Wildman–Crippen LogP) is 2.23. The molecule has 194 valence electrons. The zero-order chi connectivity index (χ0) is 25.5. The molecule has 0 heterocycles. The van der Waals surface area contributed by atoms with Gasteiger partial charge in [0, 0.05) is 17.3 Å². The molecule has 0 saturated heterocycles. The number of allylic oxidation sites excluding steroid dienone is 1. The van der Waals surface area contributed by atoms with Gasteiger partial charge in [0.25, 0.3) is 0 Å². The van der Waals surface area contributed by atoms with Crippen LogP contribution in [0.1, 0.15) is 79.1 Å². The summed E-state index contributed by atoms with van der Waals surface area (Å²) in [7, 11) is 0. The lowest BCUT2D eigenvalue weighted by Gasteiger charge is -2.60.